The van der Waals surface area contributed by atoms with Gasteiger partial charge < -0.3 is 15.2 Å². The Balaban J connectivity index is 0.00000225. The molecule has 0 saturated carbocycles. The average Bonchev–Trinajstić information content (AvgIpc) is 2.28. The maximum Gasteiger partial charge on any atom is 0.122 e. The van der Waals surface area contributed by atoms with Crippen molar-refractivity contribution in [2.75, 3.05) is 14.2 Å². The second-order valence-corrected chi connectivity index (χ2v) is 3.54. The molecule has 0 spiro atoms. The second kappa shape index (κ2) is 7.36. The fraction of sp³-hybridized carbons (Fsp3) is 0.500. The van der Waals surface area contributed by atoms with Crippen molar-refractivity contribution < 1.29 is 9.47 Å². The molecule has 0 aliphatic rings. The van der Waals surface area contributed by atoms with Crippen LogP contribution in [0, 0.1) is 0 Å². The van der Waals surface area contributed by atoms with E-state index in [1.165, 1.54) is 0 Å². The fourth-order valence-electron chi connectivity index (χ4n) is 1.52. The van der Waals surface area contributed by atoms with E-state index in [0.717, 1.165) is 29.9 Å². The summed E-state index contributed by atoms with van der Waals surface area (Å²) in [6, 6.07) is 5.83. The summed E-state index contributed by atoms with van der Waals surface area (Å²) in [6.07, 6.45) is 2.04. The molecule has 0 aliphatic carbocycles. The predicted molar refractivity (Wildman–Crippen MR) is 68.6 cm³/mol. The zero-order valence-electron chi connectivity index (χ0n) is 10.0. The molecule has 92 valence electrons. The number of benzene rings is 1. The molecule has 0 unspecified atom stereocenters. The van der Waals surface area contributed by atoms with E-state index in [-0.39, 0.29) is 18.4 Å². The van der Waals surface area contributed by atoms with Crippen molar-refractivity contribution in [3.05, 3.63) is 23.8 Å². The van der Waals surface area contributed by atoms with E-state index in [0.29, 0.717) is 0 Å². The molecule has 1 atom stereocenters. The van der Waals surface area contributed by atoms with Crippen LogP contribution in [0.4, 0.5) is 0 Å². The lowest BCUT2D eigenvalue weighted by Gasteiger charge is -2.13. The highest BCUT2D eigenvalue weighted by Crippen LogP contribution is 2.27. The summed E-state index contributed by atoms with van der Waals surface area (Å²) in [4.78, 5) is 0. The highest BCUT2D eigenvalue weighted by atomic mass is 35.5. The maximum atomic E-state index is 6.04. The molecule has 16 heavy (non-hydrogen) atoms. The van der Waals surface area contributed by atoms with Gasteiger partial charge in [0.2, 0.25) is 0 Å². The molecule has 0 amide bonds. The van der Waals surface area contributed by atoms with Crippen molar-refractivity contribution in [2.45, 2.75) is 25.8 Å². The molecule has 0 radical (unpaired) electrons. The first kappa shape index (κ1) is 15.1. The van der Waals surface area contributed by atoms with E-state index >= 15 is 0 Å². The Bertz CT molecular complexity index is 296. The number of rotatable bonds is 5. The van der Waals surface area contributed by atoms with E-state index in [1.54, 1.807) is 14.2 Å². The van der Waals surface area contributed by atoms with Crippen molar-refractivity contribution in [3.63, 3.8) is 0 Å². The van der Waals surface area contributed by atoms with Crippen molar-refractivity contribution >= 4 is 12.4 Å². The molecular weight excluding hydrogens is 226 g/mol. The molecule has 0 heterocycles. The minimum Gasteiger partial charge on any atom is -0.497 e. The Labute approximate surface area is 103 Å². The van der Waals surface area contributed by atoms with Crippen LogP contribution in [0.2, 0.25) is 0 Å². The smallest absolute Gasteiger partial charge is 0.122 e. The molecule has 0 bridgehead atoms. The quantitative estimate of drug-likeness (QED) is 0.868. The van der Waals surface area contributed by atoms with E-state index in [1.807, 2.05) is 18.2 Å². The van der Waals surface area contributed by atoms with E-state index in [2.05, 4.69) is 6.92 Å². The molecule has 0 aromatic heterocycles. The van der Waals surface area contributed by atoms with Crippen LogP contribution in [0.15, 0.2) is 18.2 Å². The molecular formula is C12H20ClNO2. The van der Waals surface area contributed by atoms with E-state index < -0.39 is 0 Å². The lowest BCUT2D eigenvalue weighted by atomic mass is 10.0. The lowest BCUT2D eigenvalue weighted by molar-refractivity contribution is 0.392. The normalized spacial score (nSPS) is 11.5. The summed E-state index contributed by atoms with van der Waals surface area (Å²) < 4.78 is 10.4. The summed E-state index contributed by atoms with van der Waals surface area (Å²) in [5, 5.41) is 0. The van der Waals surface area contributed by atoms with Crippen molar-refractivity contribution in [2.24, 2.45) is 5.73 Å². The van der Waals surface area contributed by atoms with Crippen LogP contribution in [-0.2, 0) is 0 Å². The van der Waals surface area contributed by atoms with Crippen LogP contribution in [0.25, 0.3) is 0 Å². The summed E-state index contributed by atoms with van der Waals surface area (Å²) in [5.74, 6) is 1.58. The molecule has 3 nitrogen and oxygen atoms in total. The van der Waals surface area contributed by atoms with Crippen LogP contribution >= 0.6 is 12.4 Å². The van der Waals surface area contributed by atoms with Gasteiger partial charge in [-0.2, -0.15) is 0 Å². The summed E-state index contributed by atoms with van der Waals surface area (Å²) in [7, 11) is 3.29. The molecule has 2 N–H and O–H groups in total. The largest absolute Gasteiger partial charge is 0.497 e. The molecule has 0 saturated heterocycles. The zero-order valence-corrected chi connectivity index (χ0v) is 10.8. The first-order valence-corrected chi connectivity index (χ1v) is 5.19. The minimum absolute atomic E-state index is 0. The number of nitrogens with two attached hydrogens (primary N) is 1. The highest BCUT2D eigenvalue weighted by Gasteiger charge is 2.08. The van der Waals surface area contributed by atoms with Gasteiger partial charge in [-0.15, -0.1) is 12.4 Å². The van der Waals surface area contributed by atoms with Crippen LogP contribution in [0.5, 0.6) is 11.5 Å². The van der Waals surface area contributed by atoms with Gasteiger partial charge in [-0.1, -0.05) is 13.3 Å². The van der Waals surface area contributed by atoms with Crippen molar-refractivity contribution in [1.82, 2.24) is 0 Å². The van der Waals surface area contributed by atoms with Crippen molar-refractivity contribution in [3.8, 4) is 11.5 Å². The number of hydrogen-bond acceptors (Lipinski definition) is 3. The first-order chi connectivity index (χ1) is 7.21. The molecule has 1 rings (SSSR count). The molecule has 0 aliphatic heterocycles. The van der Waals surface area contributed by atoms with Crippen LogP contribution in [0.3, 0.4) is 0 Å². The number of ether oxygens (including phenoxy) is 2. The first-order valence-electron chi connectivity index (χ1n) is 5.19. The third kappa shape index (κ3) is 3.91. The Hall–Kier alpha value is -0.930. The summed E-state index contributed by atoms with van der Waals surface area (Å²) >= 11 is 0. The van der Waals surface area contributed by atoms with Gasteiger partial charge >= 0.3 is 0 Å². The van der Waals surface area contributed by atoms with Gasteiger partial charge in [-0.05, 0) is 24.1 Å². The molecule has 1 aromatic carbocycles. The van der Waals surface area contributed by atoms with Gasteiger partial charge in [0.15, 0.2) is 0 Å². The Kier molecular flexibility index (Phi) is 6.93. The summed E-state index contributed by atoms with van der Waals surface area (Å²) in [5.41, 5.74) is 7.10. The van der Waals surface area contributed by atoms with Gasteiger partial charge in [0.1, 0.15) is 11.5 Å². The molecule has 4 heteroatoms. The minimum atomic E-state index is 0. The van der Waals surface area contributed by atoms with Gasteiger partial charge in [0, 0.05) is 12.1 Å². The van der Waals surface area contributed by atoms with Gasteiger partial charge in [0.25, 0.3) is 0 Å². The number of halogens is 1. The number of hydrogen-bond donors (Lipinski definition) is 1. The van der Waals surface area contributed by atoms with Gasteiger partial charge in [-0.3, -0.25) is 0 Å². The van der Waals surface area contributed by atoms with E-state index in [4.69, 9.17) is 15.2 Å². The molecule has 0 fully saturated rings. The van der Waals surface area contributed by atoms with E-state index in [9.17, 15) is 0 Å². The van der Waals surface area contributed by atoms with Crippen LogP contribution < -0.4 is 15.2 Å². The second-order valence-electron chi connectivity index (χ2n) is 3.54. The third-order valence-electron chi connectivity index (χ3n) is 2.40. The Morgan fingerprint density at radius 3 is 2.00 bits per heavy atom. The Morgan fingerprint density at radius 2 is 1.62 bits per heavy atom. The SMILES string of the molecule is CCC[C@H](N)c1cc(OC)cc(OC)c1.Cl. The maximum absolute atomic E-state index is 6.04. The highest BCUT2D eigenvalue weighted by molar-refractivity contribution is 5.85. The Morgan fingerprint density at radius 1 is 1.12 bits per heavy atom. The molecule has 1 aromatic rings. The van der Waals surface area contributed by atoms with Crippen molar-refractivity contribution in [1.29, 1.82) is 0 Å². The zero-order chi connectivity index (χ0) is 11.3. The number of methoxy groups -OCH3 is 2. The van der Waals surface area contributed by atoms with Gasteiger partial charge in [-0.25, -0.2) is 0 Å². The van der Waals surface area contributed by atoms with Gasteiger partial charge in [0.05, 0.1) is 14.2 Å². The average molecular weight is 246 g/mol. The third-order valence-corrected chi connectivity index (χ3v) is 2.40. The van der Waals surface area contributed by atoms with Crippen LogP contribution in [0.1, 0.15) is 31.4 Å². The van der Waals surface area contributed by atoms with Crippen LogP contribution in [-0.4, -0.2) is 14.2 Å². The predicted octanol–water partition coefficient (Wildman–Crippen LogP) is 2.93. The topological polar surface area (TPSA) is 44.5 Å². The fourth-order valence-corrected chi connectivity index (χ4v) is 1.52. The monoisotopic (exact) mass is 245 g/mol. The standard InChI is InChI=1S/C12H19NO2.ClH/c1-4-5-12(13)9-6-10(14-2)8-11(7-9)15-3;/h6-8,12H,4-5,13H2,1-3H3;1H/t12-;/m0./s1. The lowest BCUT2D eigenvalue weighted by Crippen LogP contribution is -2.10. The summed E-state index contributed by atoms with van der Waals surface area (Å²) in [6.45, 7) is 2.12.